The maximum atomic E-state index is 14.3. The van der Waals surface area contributed by atoms with Crippen LogP contribution in [-0.2, 0) is 23.9 Å². The molecule has 1 N–H and O–H groups in total. The number of carbonyl (C=O) groups excluding carboxylic acids is 3. The van der Waals surface area contributed by atoms with Crippen molar-refractivity contribution in [1.82, 2.24) is 5.32 Å². The molecule has 2 aromatic rings. The zero-order valence-electron chi connectivity index (χ0n) is 22.2. The van der Waals surface area contributed by atoms with Crippen molar-refractivity contribution >= 4 is 23.4 Å². The Morgan fingerprint density at radius 3 is 2.36 bits per heavy atom. The van der Waals surface area contributed by atoms with Crippen molar-refractivity contribution in [2.24, 2.45) is 5.92 Å². The van der Waals surface area contributed by atoms with Gasteiger partial charge in [-0.2, -0.15) is 0 Å². The van der Waals surface area contributed by atoms with Crippen LogP contribution in [-0.4, -0.2) is 43.0 Å². The number of nitrogens with zero attached hydrogens (tertiary/aromatic N) is 1. The first kappa shape index (κ1) is 27.6. The van der Waals surface area contributed by atoms with Crippen LogP contribution >= 0.6 is 0 Å². The number of allylic oxidation sites excluding steroid dienone is 3. The van der Waals surface area contributed by atoms with Gasteiger partial charge in [-0.25, -0.2) is 4.79 Å². The van der Waals surface area contributed by atoms with Crippen molar-refractivity contribution in [1.29, 1.82) is 0 Å². The van der Waals surface area contributed by atoms with E-state index in [1.165, 1.54) is 31.4 Å². The summed E-state index contributed by atoms with van der Waals surface area (Å²) in [6.45, 7) is 5.28. The molecule has 0 radical (unpaired) electrons. The molecule has 0 bridgehead atoms. The molecule has 0 fully saturated rings. The lowest BCUT2D eigenvalue weighted by Crippen LogP contribution is -2.43. The zero-order chi connectivity index (χ0) is 28.3. The van der Waals surface area contributed by atoms with E-state index in [1.54, 1.807) is 39.0 Å². The Kier molecular flexibility index (Phi) is 8.13. The fourth-order valence-corrected chi connectivity index (χ4v) is 5.32. The zero-order valence-corrected chi connectivity index (χ0v) is 22.2. The number of benzene rings is 2. The first-order chi connectivity index (χ1) is 18.7. The van der Waals surface area contributed by atoms with Gasteiger partial charge in [-0.3, -0.25) is 19.7 Å². The maximum absolute atomic E-state index is 14.3. The summed E-state index contributed by atoms with van der Waals surface area (Å²) in [5, 5.41) is 14.5. The molecule has 39 heavy (non-hydrogen) atoms. The predicted octanol–water partition coefficient (Wildman–Crippen LogP) is 4.32. The molecule has 0 saturated heterocycles. The van der Waals surface area contributed by atoms with Crippen molar-refractivity contribution in [2.75, 3.05) is 20.3 Å². The summed E-state index contributed by atoms with van der Waals surface area (Å²) in [5.74, 6) is -3.78. The van der Waals surface area contributed by atoms with Gasteiger partial charge in [0, 0.05) is 40.9 Å². The van der Waals surface area contributed by atoms with E-state index in [9.17, 15) is 24.5 Å². The number of nitro benzene ring substituents is 1. The number of esters is 2. The van der Waals surface area contributed by atoms with Gasteiger partial charge in [-0.1, -0.05) is 24.3 Å². The Balaban J connectivity index is 1.90. The van der Waals surface area contributed by atoms with E-state index in [4.69, 9.17) is 14.2 Å². The number of Topliss-reactive ketones (excluding diaryl/α,β-unsaturated/α-hetero) is 1. The molecule has 0 aromatic heterocycles. The lowest BCUT2D eigenvalue weighted by Gasteiger charge is -2.39. The summed E-state index contributed by atoms with van der Waals surface area (Å²) >= 11 is 0. The molecule has 1 aliphatic heterocycles. The Bertz CT molecular complexity index is 1380. The van der Waals surface area contributed by atoms with Gasteiger partial charge >= 0.3 is 11.9 Å². The summed E-state index contributed by atoms with van der Waals surface area (Å²) in [6.07, 6.45) is 0.286. The number of nitrogens with one attached hydrogen (secondary N) is 1. The average molecular weight is 535 g/mol. The second kappa shape index (κ2) is 11.5. The average Bonchev–Trinajstić information content (AvgIpc) is 2.92. The lowest BCUT2D eigenvalue weighted by molar-refractivity contribution is -0.384. The normalized spacial score (nSPS) is 20.6. The van der Waals surface area contributed by atoms with Crippen LogP contribution < -0.4 is 10.1 Å². The van der Waals surface area contributed by atoms with E-state index in [0.717, 1.165) is 5.56 Å². The first-order valence-corrected chi connectivity index (χ1v) is 12.7. The highest BCUT2D eigenvalue weighted by atomic mass is 16.6. The predicted molar refractivity (Wildman–Crippen MR) is 141 cm³/mol. The molecule has 10 heteroatoms. The Labute approximate surface area is 225 Å². The fraction of sp³-hybridized carbons (Fsp3) is 0.345. The second-order valence-corrected chi connectivity index (χ2v) is 9.24. The van der Waals surface area contributed by atoms with E-state index in [-0.39, 0.29) is 36.5 Å². The van der Waals surface area contributed by atoms with Crippen LogP contribution in [0.2, 0.25) is 0 Å². The third-order valence-electron chi connectivity index (χ3n) is 7.01. The van der Waals surface area contributed by atoms with Crippen molar-refractivity contribution in [2.45, 2.75) is 39.0 Å². The number of ketones is 1. The molecule has 2 aromatic carbocycles. The van der Waals surface area contributed by atoms with Gasteiger partial charge in [0.15, 0.2) is 5.78 Å². The SMILES string of the molecule is CCOC(=O)C1=C(C)NC2=C(C(=O)[C@H](C(=O)OCC)[C@H](c3cccc(OC)c3)C2)[C@@H]1c1ccc([N+](=O)[O-])cc1. The van der Waals surface area contributed by atoms with E-state index in [0.29, 0.717) is 22.7 Å². The summed E-state index contributed by atoms with van der Waals surface area (Å²) in [4.78, 5) is 51.5. The number of nitro groups is 1. The number of dihydropyridines is 1. The van der Waals surface area contributed by atoms with Crippen molar-refractivity contribution in [3.05, 3.63) is 92.3 Å². The Morgan fingerprint density at radius 1 is 1.05 bits per heavy atom. The number of non-ortho nitro benzene ring substituents is 1. The Hall–Kier alpha value is -4.47. The van der Waals surface area contributed by atoms with Gasteiger partial charge in [0.1, 0.15) is 11.7 Å². The number of ether oxygens (including phenoxy) is 3. The summed E-state index contributed by atoms with van der Waals surface area (Å²) in [6, 6.07) is 12.9. The number of hydrogen-bond acceptors (Lipinski definition) is 9. The van der Waals surface area contributed by atoms with Crippen LogP contribution in [0, 0.1) is 16.0 Å². The number of rotatable bonds is 8. The van der Waals surface area contributed by atoms with E-state index >= 15 is 0 Å². The largest absolute Gasteiger partial charge is 0.497 e. The van der Waals surface area contributed by atoms with Crippen LogP contribution in [0.5, 0.6) is 5.75 Å². The van der Waals surface area contributed by atoms with Gasteiger partial charge < -0.3 is 19.5 Å². The van der Waals surface area contributed by atoms with E-state index in [1.807, 2.05) is 6.07 Å². The maximum Gasteiger partial charge on any atom is 0.336 e. The van der Waals surface area contributed by atoms with Crippen LogP contribution in [0.25, 0.3) is 0 Å². The number of methoxy groups -OCH3 is 1. The van der Waals surface area contributed by atoms with E-state index in [2.05, 4.69) is 5.32 Å². The minimum atomic E-state index is -1.17. The molecular formula is C29H30N2O8. The molecule has 1 aliphatic carbocycles. The topological polar surface area (TPSA) is 134 Å². The lowest BCUT2D eigenvalue weighted by atomic mass is 9.67. The van der Waals surface area contributed by atoms with Crippen LogP contribution in [0.1, 0.15) is 50.2 Å². The standard InChI is InChI=1S/C29H30N2O8/c1-5-38-28(33)23-16(3)30-22-15-21(18-8-7-9-20(14-18)37-4)25(29(34)39-6-2)27(32)26(22)24(23)17-10-12-19(13-11-17)31(35)36/h7-14,21,24-25,30H,5-6,15H2,1-4H3/t21-,24+,25+/m0/s1. The molecule has 2 aliphatic rings. The third-order valence-corrected chi connectivity index (χ3v) is 7.01. The molecule has 0 saturated carbocycles. The summed E-state index contributed by atoms with van der Waals surface area (Å²) < 4.78 is 16.0. The highest BCUT2D eigenvalue weighted by Gasteiger charge is 2.49. The summed E-state index contributed by atoms with van der Waals surface area (Å²) in [5.41, 5.74) is 2.63. The van der Waals surface area contributed by atoms with Gasteiger partial charge in [-0.15, -0.1) is 0 Å². The monoisotopic (exact) mass is 534 g/mol. The number of carbonyl (C=O) groups is 3. The number of hydrogen-bond donors (Lipinski definition) is 1. The molecule has 0 amide bonds. The van der Waals surface area contributed by atoms with Crippen molar-refractivity contribution in [3.8, 4) is 5.75 Å². The van der Waals surface area contributed by atoms with Crippen LogP contribution in [0.3, 0.4) is 0 Å². The van der Waals surface area contributed by atoms with Crippen LogP contribution in [0.15, 0.2) is 71.1 Å². The summed E-state index contributed by atoms with van der Waals surface area (Å²) in [7, 11) is 1.54. The Morgan fingerprint density at radius 2 is 1.74 bits per heavy atom. The fourth-order valence-electron chi connectivity index (χ4n) is 5.32. The minimum Gasteiger partial charge on any atom is -0.497 e. The van der Waals surface area contributed by atoms with Gasteiger partial charge in [0.2, 0.25) is 0 Å². The van der Waals surface area contributed by atoms with Crippen molar-refractivity contribution in [3.63, 3.8) is 0 Å². The van der Waals surface area contributed by atoms with Crippen molar-refractivity contribution < 1.29 is 33.5 Å². The molecular weight excluding hydrogens is 504 g/mol. The quantitative estimate of drug-likeness (QED) is 0.227. The first-order valence-electron chi connectivity index (χ1n) is 12.7. The molecule has 10 nitrogen and oxygen atoms in total. The highest BCUT2D eigenvalue weighted by Crippen LogP contribution is 2.48. The molecule has 1 heterocycles. The minimum absolute atomic E-state index is 0.0937. The van der Waals surface area contributed by atoms with E-state index < -0.39 is 40.4 Å². The smallest absolute Gasteiger partial charge is 0.336 e. The molecule has 3 atom stereocenters. The van der Waals surface area contributed by atoms with Gasteiger partial charge in [0.05, 0.1) is 30.8 Å². The second-order valence-electron chi connectivity index (χ2n) is 9.24. The van der Waals surface area contributed by atoms with Gasteiger partial charge in [-0.05, 0) is 50.5 Å². The molecule has 0 spiro atoms. The molecule has 0 unspecified atom stereocenters. The van der Waals surface area contributed by atoms with Gasteiger partial charge in [0.25, 0.3) is 5.69 Å². The molecule has 204 valence electrons. The van der Waals surface area contributed by atoms with Crippen LogP contribution in [0.4, 0.5) is 5.69 Å². The molecule has 4 rings (SSSR count). The highest BCUT2D eigenvalue weighted by molar-refractivity contribution is 6.13. The third kappa shape index (κ3) is 5.27.